The lowest BCUT2D eigenvalue weighted by Gasteiger charge is -2.49. The standard InChI is InChI=1S/C26H31N5O2/c1-33-14-12-27-26(32)24-17-30-13-11-22(24)15-23(30)16-31-18-25(28-29-31)21-9-7-20(8-10-21)19-5-3-2-4-6-19/h2-10,18,22-24H,11-17H2,1H3,(H,27,32)/t22-,23-,24+/m1/s1. The van der Waals surface area contributed by atoms with Crippen LogP contribution in [0.4, 0.5) is 0 Å². The Morgan fingerprint density at radius 2 is 1.85 bits per heavy atom. The highest BCUT2D eigenvalue weighted by Gasteiger charge is 2.43. The van der Waals surface area contributed by atoms with Crippen LogP contribution >= 0.6 is 0 Å². The number of piperidine rings is 3. The molecule has 172 valence electrons. The molecular formula is C26H31N5O2. The number of benzene rings is 2. The molecule has 4 atom stereocenters. The zero-order valence-electron chi connectivity index (χ0n) is 19.1. The normalized spacial score (nSPS) is 24.0. The molecule has 3 saturated heterocycles. The fraction of sp³-hybridized carbons (Fsp3) is 0.423. The molecule has 0 radical (unpaired) electrons. The van der Waals surface area contributed by atoms with Crippen molar-refractivity contribution in [2.75, 3.05) is 33.4 Å². The Balaban J connectivity index is 1.20. The van der Waals surface area contributed by atoms with Crippen LogP contribution < -0.4 is 5.32 Å². The summed E-state index contributed by atoms with van der Waals surface area (Å²) >= 11 is 0. The van der Waals surface area contributed by atoms with Gasteiger partial charge in [-0.1, -0.05) is 59.8 Å². The van der Waals surface area contributed by atoms with Gasteiger partial charge in [0.05, 0.1) is 25.3 Å². The van der Waals surface area contributed by atoms with Crippen LogP contribution in [-0.4, -0.2) is 65.2 Å². The average molecular weight is 446 g/mol. The van der Waals surface area contributed by atoms with Crippen molar-refractivity contribution in [2.45, 2.75) is 25.4 Å². The van der Waals surface area contributed by atoms with Crippen LogP contribution in [0.3, 0.4) is 0 Å². The highest BCUT2D eigenvalue weighted by atomic mass is 16.5. The quantitative estimate of drug-likeness (QED) is 0.540. The van der Waals surface area contributed by atoms with E-state index in [1.54, 1.807) is 7.11 Å². The third-order valence-corrected chi connectivity index (χ3v) is 7.04. The van der Waals surface area contributed by atoms with Gasteiger partial charge < -0.3 is 10.1 Å². The van der Waals surface area contributed by atoms with Gasteiger partial charge in [-0.15, -0.1) is 5.10 Å². The number of methoxy groups -OCH3 is 1. The second kappa shape index (κ2) is 9.85. The van der Waals surface area contributed by atoms with Gasteiger partial charge in [-0.05, 0) is 36.4 Å². The summed E-state index contributed by atoms with van der Waals surface area (Å²) in [6.07, 6.45) is 4.16. The molecule has 3 fully saturated rings. The van der Waals surface area contributed by atoms with E-state index in [9.17, 15) is 4.79 Å². The fourth-order valence-corrected chi connectivity index (χ4v) is 5.23. The first-order chi connectivity index (χ1) is 16.2. The van der Waals surface area contributed by atoms with E-state index in [-0.39, 0.29) is 11.8 Å². The van der Waals surface area contributed by atoms with Crippen LogP contribution in [0, 0.1) is 11.8 Å². The molecule has 3 aromatic rings. The van der Waals surface area contributed by atoms with E-state index in [0.29, 0.717) is 25.1 Å². The van der Waals surface area contributed by atoms with Crippen molar-refractivity contribution in [1.82, 2.24) is 25.2 Å². The second-order valence-electron chi connectivity index (χ2n) is 9.09. The number of carbonyl (C=O) groups excluding carboxylic acids is 1. The molecule has 3 aliphatic heterocycles. The van der Waals surface area contributed by atoms with Gasteiger partial charge in [0.25, 0.3) is 0 Å². The number of amides is 1. The van der Waals surface area contributed by atoms with Crippen LogP contribution in [0.5, 0.6) is 0 Å². The van der Waals surface area contributed by atoms with E-state index in [1.165, 1.54) is 11.1 Å². The molecule has 0 aliphatic carbocycles. The van der Waals surface area contributed by atoms with Gasteiger partial charge in [0.15, 0.2) is 0 Å². The van der Waals surface area contributed by atoms with E-state index in [4.69, 9.17) is 4.74 Å². The van der Waals surface area contributed by atoms with Crippen molar-refractivity contribution in [3.63, 3.8) is 0 Å². The van der Waals surface area contributed by atoms with Gasteiger partial charge >= 0.3 is 0 Å². The Labute approximate surface area is 194 Å². The molecule has 2 bridgehead atoms. The molecule has 0 saturated carbocycles. The molecule has 4 heterocycles. The molecule has 33 heavy (non-hydrogen) atoms. The Morgan fingerprint density at radius 3 is 2.58 bits per heavy atom. The molecule has 7 nitrogen and oxygen atoms in total. The zero-order chi connectivity index (χ0) is 22.6. The first-order valence-electron chi connectivity index (χ1n) is 11.8. The molecule has 1 amide bonds. The summed E-state index contributed by atoms with van der Waals surface area (Å²) in [4.78, 5) is 15.0. The summed E-state index contributed by atoms with van der Waals surface area (Å²) in [5.41, 5.74) is 4.36. The van der Waals surface area contributed by atoms with Crippen LogP contribution in [0.25, 0.3) is 22.4 Å². The maximum atomic E-state index is 12.6. The number of aromatic nitrogens is 3. The molecule has 0 spiro atoms. The Kier molecular flexibility index (Phi) is 6.51. The van der Waals surface area contributed by atoms with Gasteiger partial charge in [-0.3, -0.25) is 14.4 Å². The summed E-state index contributed by atoms with van der Waals surface area (Å²) in [5, 5.41) is 11.8. The third kappa shape index (κ3) is 4.84. The third-order valence-electron chi connectivity index (χ3n) is 7.04. The fourth-order valence-electron chi connectivity index (χ4n) is 5.23. The molecule has 3 aliphatic rings. The number of rotatable bonds is 8. The topological polar surface area (TPSA) is 72.3 Å². The predicted molar refractivity (Wildman–Crippen MR) is 127 cm³/mol. The number of carbonyl (C=O) groups is 1. The minimum atomic E-state index is 0.0845. The lowest BCUT2D eigenvalue weighted by atomic mass is 9.75. The largest absolute Gasteiger partial charge is 0.383 e. The minimum Gasteiger partial charge on any atom is -0.383 e. The van der Waals surface area contributed by atoms with E-state index in [2.05, 4.69) is 69.1 Å². The van der Waals surface area contributed by atoms with Crippen molar-refractivity contribution in [1.29, 1.82) is 0 Å². The van der Waals surface area contributed by atoms with Gasteiger partial charge in [0.1, 0.15) is 5.69 Å². The van der Waals surface area contributed by atoms with Crippen molar-refractivity contribution in [3.05, 3.63) is 60.8 Å². The number of hydrogen-bond acceptors (Lipinski definition) is 5. The maximum absolute atomic E-state index is 12.6. The number of ether oxygens (including phenoxy) is 1. The number of nitrogens with one attached hydrogen (secondary N) is 1. The van der Waals surface area contributed by atoms with E-state index in [0.717, 1.165) is 43.7 Å². The van der Waals surface area contributed by atoms with Crippen LogP contribution in [0.2, 0.25) is 0 Å². The average Bonchev–Trinajstić information content (AvgIpc) is 3.33. The van der Waals surface area contributed by atoms with Crippen LogP contribution in [0.15, 0.2) is 60.8 Å². The molecular weight excluding hydrogens is 414 g/mol. The van der Waals surface area contributed by atoms with Crippen molar-refractivity contribution < 1.29 is 9.53 Å². The summed E-state index contributed by atoms with van der Waals surface area (Å²) in [6.45, 7) is 3.83. The number of hydrogen-bond donors (Lipinski definition) is 1. The summed E-state index contributed by atoms with van der Waals surface area (Å²) in [5.74, 6) is 0.694. The van der Waals surface area contributed by atoms with Gasteiger partial charge in [-0.2, -0.15) is 0 Å². The summed E-state index contributed by atoms with van der Waals surface area (Å²) in [7, 11) is 1.65. The predicted octanol–water partition coefficient (Wildman–Crippen LogP) is 3.09. The Bertz CT molecular complexity index is 1070. The first kappa shape index (κ1) is 21.8. The van der Waals surface area contributed by atoms with Gasteiger partial charge in [0, 0.05) is 31.8 Å². The van der Waals surface area contributed by atoms with E-state index in [1.807, 2.05) is 16.9 Å². The van der Waals surface area contributed by atoms with Crippen LogP contribution in [0.1, 0.15) is 12.8 Å². The zero-order valence-corrected chi connectivity index (χ0v) is 19.1. The highest BCUT2D eigenvalue weighted by Crippen LogP contribution is 2.37. The smallest absolute Gasteiger partial charge is 0.224 e. The Morgan fingerprint density at radius 1 is 1.09 bits per heavy atom. The highest BCUT2D eigenvalue weighted by molar-refractivity contribution is 5.79. The Hall–Kier alpha value is -3.03. The molecule has 1 aromatic heterocycles. The van der Waals surface area contributed by atoms with E-state index < -0.39 is 0 Å². The first-order valence-corrected chi connectivity index (χ1v) is 11.8. The van der Waals surface area contributed by atoms with Gasteiger partial charge in [-0.25, -0.2) is 0 Å². The van der Waals surface area contributed by atoms with Crippen molar-refractivity contribution in [3.8, 4) is 22.4 Å². The molecule has 1 unspecified atom stereocenters. The van der Waals surface area contributed by atoms with Gasteiger partial charge in [0.2, 0.25) is 5.91 Å². The molecule has 7 heteroatoms. The molecule has 1 N–H and O–H groups in total. The second-order valence-corrected chi connectivity index (χ2v) is 9.09. The minimum absolute atomic E-state index is 0.0845. The maximum Gasteiger partial charge on any atom is 0.224 e. The summed E-state index contributed by atoms with van der Waals surface area (Å²) in [6, 6.07) is 19.3. The number of nitrogens with zero attached hydrogens (tertiary/aromatic N) is 4. The van der Waals surface area contributed by atoms with Crippen molar-refractivity contribution in [2.24, 2.45) is 11.8 Å². The van der Waals surface area contributed by atoms with Crippen LogP contribution in [-0.2, 0) is 16.1 Å². The monoisotopic (exact) mass is 445 g/mol. The lowest BCUT2D eigenvalue weighted by molar-refractivity contribution is -0.133. The molecule has 6 rings (SSSR count). The van der Waals surface area contributed by atoms with E-state index >= 15 is 0 Å². The summed E-state index contributed by atoms with van der Waals surface area (Å²) < 4.78 is 7.00. The lowest BCUT2D eigenvalue weighted by Crippen LogP contribution is -2.58. The molecule has 2 aromatic carbocycles. The SMILES string of the molecule is COCCNC(=O)[C@H]1CN2CC[C@@H]1C[C@@H]2Cn1cc(-c2ccc(-c3ccccc3)cc2)nn1. The van der Waals surface area contributed by atoms with Crippen molar-refractivity contribution >= 4 is 5.91 Å². The number of fused-ring (bicyclic) bond motifs is 3.